The molecule has 108 valence electrons. The number of carbonyl (C=O) groups is 1. The van der Waals surface area contributed by atoms with Crippen LogP contribution in [0.15, 0.2) is 54.6 Å². The van der Waals surface area contributed by atoms with Crippen molar-refractivity contribution >= 4 is 23.6 Å². The Kier molecular flexibility index (Phi) is 5.55. The van der Waals surface area contributed by atoms with E-state index in [2.05, 4.69) is 5.32 Å². The van der Waals surface area contributed by atoms with Crippen molar-refractivity contribution in [3.05, 3.63) is 76.3 Å². The van der Waals surface area contributed by atoms with Gasteiger partial charge in [0.05, 0.1) is 0 Å². The first kappa shape index (κ1) is 15.3. The van der Waals surface area contributed by atoms with Crippen LogP contribution in [-0.2, 0) is 17.9 Å². The summed E-state index contributed by atoms with van der Waals surface area (Å²) < 4.78 is 0. The number of nitrogens with one attached hydrogen (secondary N) is 1. The van der Waals surface area contributed by atoms with Gasteiger partial charge in [-0.1, -0.05) is 48.0 Å². The van der Waals surface area contributed by atoms with Crippen molar-refractivity contribution in [1.82, 2.24) is 5.32 Å². The van der Waals surface area contributed by atoms with Crippen molar-refractivity contribution in [2.75, 3.05) is 0 Å². The van der Waals surface area contributed by atoms with Gasteiger partial charge in [-0.25, -0.2) is 0 Å². The summed E-state index contributed by atoms with van der Waals surface area (Å²) in [6.45, 7) is 1.02. The van der Waals surface area contributed by atoms with Crippen LogP contribution in [0.25, 0.3) is 6.08 Å². The van der Waals surface area contributed by atoms with Gasteiger partial charge in [-0.05, 0) is 34.9 Å². The van der Waals surface area contributed by atoms with Crippen molar-refractivity contribution in [3.8, 4) is 0 Å². The maximum Gasteiger partial charge on any atom is 0.244 e. The fraction of sp³-hybridized carbons (Fsp3) is 0.118. The van der Waals surface area contributed by atoms with E-state index in [0.29, 0.717) is 18.1 Å². The fourth-order valence-electron chi connectivity index (χ4n) is 1.79. The van der Waals surface area contributed by atoms with E-state index in [4.69, 9.17) is 17.3 Å². The van der Waals surface area contributed by atoms with Crippen LogP contribution in [0.4, 0.5) is 0 Å². The summed E-state index contributed by atoms with van der Waals surface area (Å²) in [5.41, 5.74) is 8.59. The molecule has 0 bridgehead atoms. The summed E-state index contributed by atoms with van der Waals surface area (Å²) in [6, 6.07) is 15.2. The van der Waals surface area contributed by atoms with Gasteiger partial charge in [-0.2, -0.15) is 0 Å². The number of hydrogen-bond donors (Lipinski definition) is 2. The molecule has 1 amide bonds. The molecule has 0 aromatic heterocycles. The SMILES string of the molecule is NCc1ccc(CNC(=O)/C=C/c2ccc(Cl)cc2)cc1. The fourth-order valence-corrected chi connectivity index (χ4v) is 1.91. The summed E-state index contributed by atoms with van der Waals surface area (Å²) in [5, 5.41) is 3.51. The Morgan fingerprint density at radius 2 is 1.67 bits per heavy atom. The van der Waals surface area contributed by atoms with Gasteiger partial charge in [0.25, 0.3) is 0 Å². The van der Waals surface area contributed by atoms with Crippen molar-refractivity contribution in [2.24, 2.45) is 5.73 Å². The minimum atomic E-state index is -0.132. The molecule has 0 saturated heterocycles. The highest BCUT2D eigenvalue weighted by Gasteiger charge is 1.97. The molecular weight excluding hydrogens is 284 g/mol. The lowest BCUT2D eigenvalue weighted by molar-refractivity contribution is -0.116. The first-order chi connectivity index (χ1) is 10.2. The third-order valence-electron chi connectivity index (χ3n) is 3.02. The van der Waals surface area contributed by atoms with Crippen LogP contribution >= 0.6 is 11.6 Å². The van der Waals surface area contributed by atoms with Gasteiger partial charge >= 0.3 is 0 Å². The number of nitrogens with two attached hydrogens (primary N) is 1. The third kappa shape index (κ3) is 5.06. The van der Waals surface area contributed by atoms with E-state index < -0.39 is 0 Å². The first-order valence-corrected chi connectivity index (χ1v) is 7.04. The second-order valence-electron chi connectivity index (χ2n) is 4.62. The maximum absolute atomic E-state index is 11.7. The molecule has 0 unspecified atom stereocenters. The highest BCUT2D eigenvalue weighted by atomic mass is 35.5. The van der Waals surface area contributed by atoms with Gasteiger partial charge in [0, 0.05) is 24.2 Å². The van der Waals surface area contributed by atoms with Gasteiger partial charge in [-0.15, -0.1) is 0 Å². The molecule has 0 spiro atoms. The van der Waals surface area contributed by atoms with Crippen LogP contribution < -0.4 is 11.1 Å². The Hall–Kier alpha value is -2.10. The van der Waals surface area contributed by atoms with Gasteiger partial charge in [0.2, 0.25) is 5.91 Å². The average molecular weight is 301 g/mol. The quantitative estimate of drug-likeness (QED) is 0.834. The zero-order chi connectivity index (χ0) is 15.1. The van der Waals surface area contributed by atoms with E-state index in [9.17, 15) is 4.79 Å². The standard InChI is InChI=1S/C17H17ClN2O/c18-16-8-5-13(6-9-16)7-10-17(21)20-12-15-3-1-14(11-19)2-4-15/h1-10H,11-12,19H2,(H,20,21)/b10-7+. The van der Waals surface area contributed by atoms with E-state index >= 15 is 0 Å². The normalized spacial score (nSPS) is 10.8. The summed E-state index contributed by atoms with van der Waals surface area (Å²) in [5.74, 6) is -0.132. The van der Waals surface area contributed by atoms with Crippen molar-refractivity contribution in [3.63, 3.8) is 0 Å². The van der Waals surface area contributed by atoms with E-state index in [-0.39, 0.29) is 5.91 Å². The molecule has 0 aliphatic rings. The number of halogens is 1. The Labute approximate surface area is 129 Å². The predicted octanol–water partition coefficient (Wildman–Crippen LogP) is 3.13. The van der Waals surface area contributed by atoms with Crippen molar-refractivity contribution < 1.29 is 4.79 Å². The van der Waals surface area contributed by atoms with E-state index in [1.165, 1.54) is 6.08 Å². The largest absolute Gasteiger partial charge is 0.348 e. The monoisotopic (exact) mass is 300 g/mol. The Bertz CT molecular complexity index is 618. The zero-order valence-corrected chi connectivity index (χ0v) is 12.3. The minimum Gasteiger partial charge on any atom is -0.348 e. The minimum absolute atomic E-state index is 0.132. The molecule has 0 aliphatic carbocycles. The Morgan fingerprint density at radius 3 is 2.29 bits per heavy atom. The zero-order valence-electron chi connectivity index (χ0n) is 11.6. The smallest absolute Gasteiger partial charge is 0.244 e. The molecule has 0 heterocycles. The molecule has 3 nitrogen and oxygen atoms in total. The molecule has 21 heavy (non-hydrogen) atoms. The summed E-state index contributed by atoms with van der Waals surface area (Å²) >= 11 is 5.80. The van der Waals surface area contributed by atoms with Crippen LogP contribution in [0.5, 0.6) is 0 Å². The number of carbonyl (C=O) groups excluding carboxylic acids is 1. The second-order valence-corrected chi connectivity index (χ2v) is 5.06. The van der Waals surface area contributed by atoms with E-state index in [1.807, 2.05) is 36.4 Å². The maximum atomic E-state index is 11.7. The van der Waals surface area contributed by atoms with Crippen molar-refractivity contribution in [1.29, 1.82) is 0 Å². The second kappa shape index (κ2) is 7.62. The summed E-state index contributed by atoms with van der Waals surface area (Å²) in [7, 11) is 0. The average Bonchev–Trinajstić information content (AvgIpc) is 2.53. The molecular formula is C17H17ClN2O. The lowest BCUT2D eigenvalue weighted by Gasteiger charge is -2.03. The Balaban J connectivity index is 1.85. The third-order valence-corrected chi connectivity index (χ3v) is 3.27. The molecule has 4 heteroatoms. The molecule has 0 radical (unpaired) electrons. The molecule has 2 aromatic rings. The number of amides is 1. The molecule has 0 saturated carbocycles. The summed E-state index contributed by atoms with van der Waals surface area (Å²) in [4.78, 5) is 11.7. The van der Waals surface area contributed by atoms with Crippen LogP contribution in [-0.4, -0.2) is 5.91 Å². The lowest BCUT2D eigenvalue weighted by atomic mass is 10.1. The molecule has 0 atom stereocenters. The first-order valence-electron chi connectivity index (χ1n) is 6.67. The topological polar surface area (TPSA) is 55.1 Å². The van der Waals surface area contributed by atoms with E-state index in [0.717, 1.165) is 16.7 Å². The van der Waals surface area contributed by atoms with Crippen LogP contribution in [0.1, 0.15) is 16.7 Å². The van der Waals surface area contributed by atoms with Crippen LogP contribution in [0.2, 0.25) is 5.02 Å². The van der Waals surface area contributed by atoms with Gasteiger partial charge < -0.3 is 11.1 Å². The number of hydrogen-bond acceptors (Lipinski definition) is 2. The van der Waals surface area contributed by atoms with Gasteiger partial charge in [-0.3, -0.25) is 4.79 Å². The molecule has 0 fully saturated rings. The number of rotatable bonds is 5. The van der Waals surface area contributed by atoms with Gasteiger partial charge in [0.15, 0.2) is 0 Å². The highest BCUT2D eigenvalue weighted by molar-refractivity contribution is 6.30. The highest BCUT2D eigenvalue weighted by Crippen LogP contribution is 2.10. The molecule has 3 N–H and O–H groups in total. The number of benzene rings is 2. The summed E-state index contributed by atoms with van der Waals surface area (Å²) in [6.07, 6.45) is 3.26. The lowest BCUT2D eigenvalue weighted by Crippen LogP contribution is -2.20. The predicted molar refractivity (Wildman–Crippen MR) is 86.7 cm³/mol. The molecule has 0 aliphatic heterocycles. The molecule has 2 rings (SSSR count). The van der Waals surface area contributed by atoms with Crippen molar-refractivity contribution in [2.45, 2.75) is 13.1 Å². The molecule has 2 aromatic carbocycles. The van der Waals surface area contributed by atoms with Gasteiger partial charge in [0.1, 0.15) is 0 Å². The Morgan fingerprint density at radius 1 is 1.05 bits per heavy atom. The van der Waals surface area contributed by atoms with Crippen LogP contribution in [0.3, 0.4) is 0 Å². The van der Waals surface area contributed by atoms with Crippen LogP contribution in [0, 0.1) is 0 Å². The van der Waals surface area contributed by atoms with E-state index in [1.54, 1.807) is 18.2 Å².